The van der Waals surface area contributed by atoms with Crippen molar-refractivity contribution in [3.8, 4) is 11.4 Å². The lowest BCUT2D eigenvalue weighted by molar-refractivity contribution is 1.22. The predicted molar refractivity (Wildman–Crippen MR) is 65.2 cm³/mol. The number of aromatic amines is 1. The molecule has 2 nitrogen and oxygen atoms in total. The van der Waals surface area contributed by atoms with E-state index in [1.54, 1.807) is 0 Å². The quantitative estimate of drug-likeness (QED) is 0.777. The number of H-pyrrole nitrogens is 1. The molecule has 0 atom stereocenters. The zero-order valence-corrected chi connectivity index (χ0v) is 8.89. The first-order chi connectivity index (χ1) is 6.66. The van der Waals surface area contributed by atoms with E-state index in [0.717, 1.165) is 27.8 Å². The second kappa shape index (κ2) is 4.49. The van der Waals surface area contributed by atoms with Gasteiger partial charge in [-0.2, -0.15) is 0 Å². The summed E-state index contributed by atoms with van der Waals surface area (Å²) in [4.78, 5) is 7.63. The van der Waals surface area contributed by atoms with E-state index in [9.17, 15) is 0 Å². The number of hydrogen-bond donors (Lipinski definition) is 1. The molecule has 1 N–H and O–H groups in total. The molecule has 2 aromatic rings. The highest BCUT2D eigenvalue weighted by Gasteiger charge is 2.04. The van der Waals surface area contributed by atoms with Gasteiger partial charge in [-0.05, 0) is 26.0 Å². The van der Waals surface area contributed by atoms with Crippen LogP contribution in [0.2, 0.25) is 5.02 Å². The molecule has 1 heterocycles. The molecule has 0 radical (unpaired) electrons. The lowest BCUT2D eigenvalue weighted by Crippen LogP contribution is -1.79. The Morgan fingerprint density at radius 2 is 2.00 bits per heavy atom. The van der Waals surface area contributed by atoms with Crippen LogP contribution in [0, 0.1) is 13.8 Å². The van der Waals surface area contributed by atoms with E-state index in [1.165, 1.54) is 0 Å². The Bertz CT molecular complexity index is 441. The first-order valence-electron chi connectivity index (χ1n) is 4.46. The maximum absolute atomic E-state index is 5.90. The molecule has 15 heavy (non-hydrogen) atoms. The van der Waals surface area contributed by atoms with Crippen LogP contribution in [-0.2, 0) is 0 Å². The molecule has 0 amide bonds. The average Bonchev–Trinajstić information content (AvgIpc) is 2.47. The number of hydrogen-bond acceptors (Lipinski definition) is 1. The number of imidazole rings is 1. The third kappa shape index (κ3) is 2.39. The topological polar surface area (TPSA) is 28.7 Å². The molecular weight excluding hydrogens is 208 g/mol. The lowest BCUT2D eigenvalue weighted by Gasteiger charge is -1.96. The Hall–Kier alpha value is -1.28. The summed E-state index contributed by atoms with van der Waals surface area (Å²) >= 11 is 5.90. The molecule has 0 saturated heterocycles. The standard InChI is InChI=1S/C11H11ClN2.CH4/c1-7-8(2)14-11(13-7)9-4-3-5-10(12)6-9;/h3-6H,1-2H3,(H,13,14);1H4. The fourth-order valence-electron chi connectivity index (χ4n) is 1.32. The maximum atomic E-state index is 5.90. The molecule has 0 aliphatic carbocycles. The number of aryl methyl sites for hydroxylation is 2. The van der Waals surface area contributed by atoms with Crippen LogP contribution in [0.25, 0.3) is 11.4 Å². The molecule has 2 rings (SSSR count). The minimum atomic E-state index is 0. The van der Waals surface area contributed by atoms with Crippen LogP contribution in [0.1, 0.15) is 18.8 Å². The number of halogens is 1. The number of nitrogens with zero attached hydrogens (tertiary/aromatic N) is 1. The fourth-order valence-corrected chi connectivity index (χ4v) is 1.51. The molecule has 1 aromatic carbocycles. The third-order valence-corrected chi connectivity index (χ3v) is 2.46. The van der Waals surface area contributed by atoms with Gasteiger partial charge in [0.05, 0.1) is 5.69 Å². The Morgan fingerprint density at radius 1 is 1.27 bits per heavy atom. The summed E-state index contributed by atoms with van der Waals surface area (Å²) < 4.78 is 0. The van der Waals surface area contributed by atoms with E-state index in [-0.39, 0.29) is 7.43 Å². The summed E-state index contributed by atoms with van der Waals surface area (Å²) in [5, 5.41) is 0.731. The molecule has 80 valence electrons. The van der Waals surface area contributed by atoms with Gasteiger partial charge < -0.3 is 4.98 Å². The van der Waals surface area contributed by atoms with Gasteiger partial charge in [-0.15, -0.1) is 0 Å². The van der Waals surface area contributed by atoms with Crippen molar-refractivity contribution in [2.24, 2.45) is 0 Å². The normalized spacial score (nSPS) is 9.80. The molecule has 1 aromatic heterocycles. The number of aromatic nitrogens is 2. The summed E-state index contributed by atoms with van der Waals surface area (Å²) in [6.07, 6.45) is 0. The Labute approximate surface area is 95.3 Å². The smallest absolute Gasteiger partial charge is 0.137 e. The Morgan fingerprint density at radius 3 is 2.53 bits per heavy atom. The summed E-state index contributed by atoms with van der Waals surface area (Å²) in [6.45, 7) is 4.00. The van der Waals surface area contributed by atoms with Gasteiger partial charge in [0.1, 0.15) is 5.82 Å². The molecule has 0 fully saturated rings. The molecule has 0 saturated carbocycles. The number of nitrogens with one attached hydrogen (secondary N) is 1. The van der Waals surface area contributed by atoms with E-state index in [4.69, 9.17) is 11.6 Å². The first kappa shape index (κ1) is 11.8. The second-order valence-corrected chi connectivity index (χ2v) is 3.74. The lowest BCUT2D eigenvalue weighted by atomic mass is 10.2. The van der Waals surface area contributed by atoms with Gasteiger partial charge in [-0.3, -0.25) is 0 Å². The maximum Gasteiger partial charge on any atom is 0.137 e. The summed E-state index contributed by atoms with van der Waals surface area (Å²) in [5.41, 5.74) is 3.15. The zero-order valence-electron chi connectivity index (χ0n) is 8.13. The highest BCUT2D eigenvalue weighted by atomic mass is 35.5. The largest absolute Gasteiger partial charge is 0.342 e. The van der Waals surface area contributed by atoms with E-state index >= 15 is 0 Å². The van der Waals surface area contributed by atoms with Gasteiger partial charge in [0.25, 0.3) is 0 Å². The molecule has 0 aliphatic heterocycles. The fraction of sp³-hybridized carbons (Fsp3) is 0.250. The monoisotopic (exact) mass is 222 g/mol. The van der Waals surface area contributed by atoms with Gasteiger partial charge in [-0.25, -0.2) is 4.98 Å². The van der Waals surface area contributed by atoms with Gasteiger partial charge >= 0.3 is 0 Å². The van der Waals surface area contributed by atoms with Crippen LogP contribution in [0.15, 0.2) is 24.3 Å². The van der Waals surface area contributed by atoms with Crippen molar-refractivity contribution in [2.45, 2.75) is 21.3 Å². The minimum Gasteiger partial charge on any atom is -0.342 e. The Kier molecular flexibility index (Phi) is 3.53. The molecule has 0 bridgehead atoms. The third-order valence-electron chi connectivity index (χ3n) is 2.23. The van der Waals surface area contributed by atoms with Crippen LogP contribution < -0.4 is 0 Å². The van der Waals surface area contributed by atoms with Crippen LogP contribution in [0.5, 0.6) is 0 Å². The number of rotatable bonds is 1. The SMILES string of the molecule is C.Cc1nc(-c2cccc(Cl)c2)[nH]c1C. The van der Waals surface area contributed by atoms with Crippen LogP contribution in [-0.4, -0.2) is 9.97 Å². The van der Waals surface area contributed by atoms with Gasteiger partial charge in [0.2, 0.25) is 0 Å². The molecular formula is C12H15ClN2. The van der Waals surface area contributed by atoms with Crippen molar-refractivity contribution in [1.82, 2.24) is 9.97 Å². The van der Waals surface area contributed by atoms with E-state index in [1.807, 2.05) is 38.1 Å². The summed E-state index contributed by atoms with van der Waals surface area (Å²) in [7, 11) is 0. The van der Waals surface area contributed by atoms with Gasteiger partial charge in [0.15, 0.2) is 0 Å². The van der Waals surface area contributed by atoms with E-state index < -0.39 is 0 Å². The van der Waals surface area contributed by atoms with Crippen molar-refractivity contribution in [3.63, 3.8) is 0 Å². The minimum absolute atomic E-state index is 0. The first-order valence-corrected chi connectivity index (χ1v) is 4.84. The van der Waals surface area contributed by atoms with Crippen molar-refractivity contribution in [3.05, 3.63) is 40.7 Å². The summed E-state index contributed by atoms with van der Waals surface area (Å²) in [5.74, 6) is 0.877. The predicted octanol–water partition coefficient (Wildman–Crippen LogP) is 3.98. The van der Waals surface area contributed by atoms with E-state index in [2.05, 4.69) is 9.97 Å². The summed E-state index contributed by atoms with van der Waals surface area (Å²) in [6, 6.07) is 7.67. The van der Waals surface area contributed by atoms with Crippen LogP contribution in [0.4, 0.5) is 0 Å². The van der Waals surface area contributed by atoms with Crippen LogP contribution >= 0.6 is 11.6 Å². The molecule has 3 heteroatoms. The highest BCUT2D eigenvalue weighted by Crippen LogP contribution is 2.20. The molecule has 0 aliphatic rings. The van der Waals surface area contributed by atoms with Gasteiger partial charge in [0, 0.05) is 16.3 Å². The van der Waals surface area contributed by atoms with E-state index in [0.29, 0.717) is 0 Å². The van der Waals surface area contributed by atoms with Crippen molar-refractivity contribution >= 4 is 11.6 Å². The highest BCUT2D eigenvalue weighted by molar-refractivity contribution is 6.30. The van der Waals surface area contributed by atoms with Gasteiger partial charge in [-0.1, -0.05) is 31.2 Å². The van der Waals surface area contributed by atoms with Crippen molar-refractivity contribution in [2.75, 3.05) is 0 Å². The number of benzene rings is 1. The zero-order chi connectivity index (χ0) is 10.1. The van der Waals surface area contributed by atoms with Crippen LogP contribution in [0.3, 0.4) is 0 Å². The molecule has 0 spiro atoms. The Balaban J connectivity index is 0.00000112. The molecule has 0 unspecified atom stereocenters. The van der Waals surface area contributed by atoms with Crippen molar-refractivity contribution in [1.29, 1.82) is 0 Å². The van der Waals surface area contributed by atoms with Crippen molar-refractivity contribution < 1.29 is 0 Å². The average molecular weight is 223 g/mol. The second-order valence-electron chi connectivity index (χ2n) is 3.31.